The van der Waals surface area contributed by atoms with Gasteiger partial charge in [-0.25, -0.2) is 13.4 Å². The number of likely N-dealkylation sites (N-methyl/N-ethyl adjacent to an activating group) is 1. The molecule has 1 unspecified atom stereocenters. The van der Waals surface area contributed by atoms with Gasteiger partial charge in [-0.2, -0.15) is 4.31 Å². The van der Waals surface area contributed by atoms with Crippen LogP contribution in [0.5, 0.6) is 0 Å². The number of hydrogen-bond donors (Lipinski definition) is 0. The van der Waals surface area contributed by atoms with E-state index in [9.17, 15) is 8.42 Å². The first kappa shape index (κ1) is 20.0. The van der Waals surface area contributed by atoms with Gasteiger partial charge in [-0.3, -0.25) is 9.80 Å². The molecule has 1 fully saturated rings. The average Bonchev–Trinajstić information content (AvgIpc) is 3.05. The van der Waals surface area contributed by atoms with Crippen molar-refractivity contribution in [2.24, 2.45) is 7.05 Å². The van der Waals surface area contributed by atoms with Crippen molar-refractivity contribution in [1.82, 2.24) is 23.7 Å². The lowest BCUT2D eigenvalue weighted by atomic mass is 10.1. The van der Waals surface area contributed by atoms with E-state index in [1.54, 1.807) is 4.31 Å². The van der Waals surface area contributed by atoms with Gasteiger partial charge in [0.05, 0.1) is 12.3 Å². The number of aromatic nitrogens is 2. The van der Waals surface area contributed by atoms with Gasteiger partial charge in [-0.1, -0.05) is 30.3 Å². The van der Waals surface area contributed by atoms with Crippen LogP contribution in [-0.2, 0) is 23.6 Å². The van der Waals surface area contributed by atoms with E-state index in [0.717, 1.165) is 31.0 Å². The number of imidazole rings is 1. The van der Waals surface area contributed by atoms with Crippen LogP contribution in [0.15, 0.2) is 42.7 Å². The molecule has 1 aromatic heterocycles. The van der Waals surface area contributed by atoms with Crippen molar-refractivity contribution in [2.45, 2.75) is 12.6 Å². The van der Waals surface area contributed by atoms with Gasteiger partial charge in [0, 0.05) is 58.7 Å². The van der Waals surface area contributed by atoms with E-state index in [0.29, 0.717) is 19.6 Å². The van der Waals surface area contributed by atoms with Gasteiger partial charge in [0.15, 0.2) is 0 Å². The predicted molar refractivity (Wildman–Crippen MR) is 107 cm³/mol. The molecule has 2 aromatic rings. The molecule has 27 heavy (non-hydrogen) atoms. The largest absolute Gasteiger partial charge is 0.337 e. The van der Waals surface area contributed by atoms with Gasteiger partial charge >= 0.3 is 0 Å². The second kappa shape index (κ2) is 8.52. The number of rotatable bonds is 7. The smallest absolute Gasteiger partial charge is 0.211 e. The molecule has 0 radical (unpaired) electrons. The van der Waals surface area contributed by atoms with E-state index in [2.05, 4.69) is 26.4 Å². The Balaban J connectivity index is 1.64. The van der Waals surface area contributed by atoms with Gasteiger partial charge in [-0.05, 0) is 12.6 Å². The third kappa shape index (κ3) is 5.16. The Bertz CT molecular complexity index is 837. The first-order chi connectivity index (χ1) is 12.8. The lowest BCUT2D eigenvalue weighted by molar-refractivity contribution is 0.0859. The highest BCUT2D eigenvalue weighted by Crippen LogP contribution is 2.22. The van der Waals surface area contributed by atoms with Crippen molar-refractivity contribution < 1.29 is 8.42 Å². The van der Waals surface area contributed by atoms with Crippen molar-refractivity contribution in [2.75, 3.05) is 46.0 Å². The minimum absolute atomic E-state index is 0.222. The van der Waals surface area contributed by atoms with E-state index in [1.165, 1.54) is 6.26 Å². The first-order valence-electron chi connectivity index (χ1n) is 9.23. The molecule has 1 saturated heterocycles. The van der Waals surface area contributed by atoms with Crippen LogP contribution in [0.25, 0.3) is 0 Å². The molecule has 2 heterocycles. The van der Waals surface area contributed by atoms with E-state index >= 15 is 0 Å². The van der Waals surface area contributed by atoms with Crippen LogP contribution in [0, 0.1) is 0 Å². The van der Waals surface area contributed by atoms with E-state index in [1.807, 2.05) is 49.8 Å². The van der Waals surface area contributed by atoms with Gasteiger partial charge in [0.2, 0.25) is 10.0 Å². The molecule has 7 nitrogen and oxygen atoms in total. The van der Waals surface area contributed by atoms with Crippen LogP contribution in [0.3, 0.4) is 0 Å². The molecular formula is C19H29N5O2S. The molecule has 0 N–H and O–H groups in total. The summed E-state index contributed by atoms with van der Waals surface area (Å²) in [6.45, 7) is 4.34. The molecule has 1 aromatic carbocycles. The molecule has 0 bridgehead atoms. The highest BCUT2D eigenvalue weighted by atomic mass is 32.2. The Morgan fingerprint density at radius 1 is 1.19 bits per heavy atom. The van der Waals surface area contributed by atoms with Crippen molar-refractivity contribution in [3.63, 3.8) is 0 Å². The fraction of sp³-hybridized carbons (Fsp3) is 0.526. The Hall–Kier alpha value is -1.74. The lowest BCUT2D eigenvalue weighted by Gasteiger charge is -2.39. The SMILES string of the molecule is CN1CCN(CCN(Cc2ccccc2)S(C)(=O)=O)CC1c1nccn1C. The van der Waals surface area contributed by atoms with Crippen molar-refractivity contribution in [1.29, 1.82) is 0 Å². The molecule has 1 atom stereocenters. The molecule has 148 valence electrons. The Labute approximate surface area is 162 Å². The number of nitrogens with zero attached hydrogens (tertiary/aromatic N) is 5. The number of sulfonamides is 1. The average molecular weight is 392 g/mol. The zero-order valence-corrected chi connectivity index (χ0v) is 17.1. The Morgan fingerprint density at radius 3 is 2.56 bits per heavy atom. The topological polar surface area (TPSA) is 61.7 Å². The quantitative estimate of drug-likeness (QED) is 0.709. The molecule has 0 spiro atoms. The molecule has 1 aliphatic rings. The van der Waals surface area contributed by atoms with Gasteiger partial charge in [0.25, 0.3) is 0 Å². The highest BCUT2D eigenvalue weighted by molar-refractivity contribution is 7.88. The molecule has 8 heteroatoms. The van der Waals surface area contributed by atoms with E-state index in [4.69, 9.17) is 0 Å². The highest BCUT2D eigenvalue weighted by Gasteiger charge is 2.29. The maximum Gasteiger partial charge on any atom is 0.211 e. The maximum absolute atomic E-state index is 12.2. The summed E-state index contributed by atoms with van der Waals surface area (Å²) in [7, 11) is 0.876. The third-order valence-electron chi connectivity index (χ3n) is 5.23. The van der Waals surface area contributed by atoms with Crippen LogP contribution in [0.2, 0.25) is 0 Å². The zero-order valence-electron chi connectivity index (χ0n) is 16.3. The van der Waals surface area contributed by atoms with E-state index < -0.39 is 10.0 Å². The molecule has 0 saturated carbocycles. The second-order valence-electron chi connectivity index (χ2n) is 7.28. The van der Waals surface area contributed by atoms with Crippen molar-refractivity contribution in [3.05, 3.63) is 54.1 Å². The monoisotopic (exact) mass is 391 g/mol. The van der Waals surface area contributed by atoms with Crippen LogP contribution < -0.4 is 0 Å². The number of benzene rings is 1. The summed E-state index contributed by atoms with van der Waals surface area (Å²) in [6.07, 6.45) is 5.08. The molecular weight excluding hydrogens is 362 g/mol. The minimum atomic E-state index is -3.26. The lowest BCUT2D eigenvalue weighted by Crippen LogP contribution is -2.49. The summed E-state index contributed by atoms with van der Waals surface area (Å²) in [4.78, 5) is 9.16. The fourth-order valence-electron chi connectivity index (χ4n) is 3.51. The van der Waals surface area contributed by atoms with E-state index in [-0.39, 0.29) is 6.04 Å². The van der Waals surface area contributed by atoms with Crippen LogP contribution in [0.4, 0.5) is 0 Å². The molecule has 1 aliphatic heterocycles. The number of hydrogen-bond acceptors (Lipinski definition) is 5. The van der Waals surface area contributed by atoms with Crippen LogP contribution in [0.1, 0.15) is 17.4 Å². The molecule has 3 rings (SSSR count). The normalized spacial score (nSPS) is 19.6. The summed E-state index contributed by atoms with van der Waals surface area (Å²) >= 11 is 0. The second-order valence-corrected chi connectivity index (χ2v) is 9.26. The summed E-state index contributed by atoms with van der Waals surface area (Å²) in [5.74, 6) is 1.05. The molecule has 0 amide bonds. The fourth-order valence-corrected chi connectivity index (χ4v) is 4.31. The predicted octanol–water partition coefficient (Wildman–Crippen LogP) is 1.17. The van der Waals surface area contributed by atoms with Gasteiger partial charge in [0.1, 0.15) is 5.82 Å². The Kier molecular flexibility index (Phi) is 6.31. The summed E-state index contributed by atoms with van der Waals surface area (Å²) in [6, 6.07) is 9.97. The number of piperazine rings is 1. The summed E-state index contributed by atoms with van der Waals surface area (Å²) < 4.78 is 28.1. The summed E-state index contributed by atoms with van der Waals surface area (Å²) in [5.41, 5.74) is 1.01. The summed E-state index contributed by atoms with van der Waals surface area (Å²) in [5, 5.41) is 0. The van der Waals surface area contributed by atoms with Crippen LogP contribution in [-0.4, -0.2) is 78.1 Å². The molecule has 0 aliphatic carbocycles. The van der Waals surface area contributed by atoms with Gasteiger partial charge < -0.3 is 4.57 Å². The van der Waals surface area contributed by atoms with Crippen molar-refractivity contribution >= 4 is 10.0 Å². The zero-order chi connectivity index (χ0) is 19.4. The van der Waals surface area contributed by atoms with Crippen LogP contribution >= 0.6 is 0 Å². The number of aryl methyl sites for hydroxylation is 1. The standard InChI is InChI=1S/C19H29N5O2S/c1-21-11-12-23(16-18(21)19-20-9-10-22(19)2)13-14-24(27(3,25)26)15-17-7-5-4-6-8-17/h4-10,18H,11-16H2,1-3H3. The Morgan fingerprint density at radius 2 is 1.93 bits per heavy atom. The minimum Gasteiger partial charge on any atom is -0.337 e. The first-order valence-corrected chi connectivity index (χ1v) is 11.1. The third-order valence-corrected chi connectivity index (χ3v) is 6.47. The maximum atomic E-state index is 12.2. The van der Waals surface area contributed by atoms with Gasteiger partial charge in [-0.15, -0.1) is 0 Å². The van der Waals surface area contributed by atoms with Crippen molar-refractivity contribution in [3.8, 4) is 0 Å².